The Bertz CT molecular complexity index is 702. The van der Waals surface area contributed by atoms with Crippen LogP contribution >= 0.6 is 0 Å². The molecule has 2 aromatic rings. The molecule has 120 valence electrons. The highest BCUT2D eigenvalue weighted by molar-refractivity contribution is 5.81. The molecule has 0 spiro atoms. The van der Waals surface area contributed by atoms with Crippen LogP contribution in [0.1, 0.15) is 13.2 Å². The zero-order valence-corrected chi connectivity index (χ0v) is 11.7. The molecule has 0 amide bonds. The quantitative estimate of drug-likeness (QED) is 0.551. The molecule has 9 nitrogen and oxygen atoms in total. The molecule has 3 rings (SSSR count). The van der Waals surface area contributed by atoms with Crippen LogP contribution in [0.25, 0.3) is 11.2 Å². The average molecular weight is 313 g/mol. The first-order chi connectivity index (χ1) is 10.4. The van der Waals surface area contributed by atoms with Crippen molar-refractivity contribution in [3.05, 3.63) is 12.7 Å². The summed E-state index contributed by atoms with van der Waals surface area (Å²) >= 11 is 0. The molecule has 4 atom stereocenters. The second kappa shape index (κ2) is 4.81. The van der Waals surface area contributed by atoms with E-state index in [0.717, 1.165) is 0 Å². The predicted octanol–water partition coefficient (Wildman–Crippen LogP) is -1.25. The Balaban J connectivity index is 2.12. The van der Waals surface area contributed by atoms with E-state index in [1.807, 2.05) is 0 Å². The highest BCUT2D eigenvalue weighted by Gasteiger charge is 2.62. The molecule has 1 aliphatic heterocycles. The lowest BCUT2D eigenvalue weighted by molar-refractivity contribution is -0.137. The van der Waals surface area contributed by atoms with Crippen LogP contribution in [0.5, 0.6) is 0 Å². The Hall–Kier alpha value is -1.88. The van der Waals surface area contributed by atoms with Gasteiger partial charge in [-0.2, -0.15) is 0 Å². The van der Waals surface area contributed by atoms with Crippen molar-refractivity contribution in [1.82, 2.24) is 19.5 Å². The lowest BCUT2D eigenvalue weighted by Crippen LogP contribution is -2.52. The molecule has 1 unspecified atom stereocenters. The van der Waals surface area contributed by atoms with E-state index >= 15 is 0 Å². The number of imidazole rings is 1. The summed E-state index contributed by atoms with van der Waals surface area (Å²) in [7, 11) is 0. The van der Waals surface area contributed by atoms with Crippen LogP contribution in [0, 0.1) is 0 Å². The number of hydrogen-bond donors (Lipinski definition) is 4. The molecule has 1 fully saturated rings. The number of nitrogen functional groups attached to an aromatic ring is 1. The second-order valence-electron chi connectivity index (χ2n) is 5.54. The summed E-state index contributed by atoms with van der Waals surface area (Å²) in [6.45, 7) is -0.673. The van der Waals surface area contributed by atoms with Gasteiger partial charge in [-0.3, -0.25) is 4.57 Å². The van der Waals surface area contributed by atoms with E-state index in [9.17, 15) is 19.7 Å². The van der Waals surface area contributed by atoms with Crippen LogP contribution in [0.2, 0.25) is 0 Å². The van der Waals surface area contributed by atoms with Gasteiger partial charge in [-0.25, -0.2) is 19.3 Å². The molecule has 0 bridgehead atoms. The van der Waals surface area contributed by atoms with Crippen LogP contribution in [-0.4, -0.2) is 65.4 Å². The molecule has 5 N–H and O–H groups in total. The third-order valence-electron chi connectivity index (χ3n) is 4.03. The van der Waals surface area contributed by atoms with Crippen molar-refractivity contribution in [3.63, 3.8) is 0 Å². The van der Waals surface area contributed by atoms with Crippen molar-refractivity contribution in [2.24, 2.45) is 0 Å². The Labute approximate surface area is 124 Å². The summed E-state index contributed by atoms with van der Waals surface area (Å²) < 4.78 is 20.1. The maximum absolute atomic E-state index is 13.3. The van der Waals surface area contributed by atoms with E-state index in [1.165, 1.54) is 24.1 Å². The second-order valence-corrected chi connectivity index (χ2v) is 5.54. The number of ether oxygens (including phenoxy) is 1. The van der Waals surface area contributed by atoms with E-state index in [2.05, 4.69) is 15.0 Å². The smallest absolute Gasteiger partial charge is 0.168 e. The number of rotatable bonds is 3. The van der Waals surface area contributed by atoms with Gasteiger partial charge in [0.1, 0.15) is 30.2 Å². The topological polar surface area (TPSA) is 140 Å². The Morgan fingerprint density at radius 2 is 2.18 bits per heavy atom. The van der Waals surface area contributed by atoms with Gasteiger partial charge in [-0.15, -0.1) is 0 Å². The maximum atomic E-state index is 13.3. The third kappa shape index (κ3) is 1.81. The van der Waals surface area contributed by atoms with Crippen molar-refractivity contribution < 1.29 is 24.4 Å². The molecule has 0 aromatic carbocycles. The highest BCUT2D eigenvalue weighted by Crippen LogP contribution is 2.45. The van der Waals surface area contributed by atoms with Crippen LogP contribution in [0.4, 0.5) is 10.2 Å². The Morgan fingerprint density at radius 1 is 1.45 bits per heavy atom. The van der Waals surface area contributed by atoms with Crippen LogP contribution in [0.15, 0.2) is 12.7 Å². The molecule has 0 radical (unpaired) electrons. The Morgan fingerprint density at radius 3 is 2.77 bits per heavy atom. The van der Waals surface area contributed by atoms with E-state index in [0.29, 0.717) is 0 Å². The van der Waals surface area contributed by atoms with Crippen LogP contribution in [0.3, 0.4) is 0 Å². The molecule has 0 aliphatic carbocycles. The average Bonchev–Trinajstić information content (AvgIpc) is 3.00. The van der Waals surface area contributed by atoms with Crippen molar-refractivity contribution in [2.75, 3.05) is 19.0 Å². The molecular weight excluding hydrogens is 297 g/mol. The fraction of sp³-hybridized carbons (Fsp3) is 0.583. The number of aromatic nitrogens is 4. The summed E-state index contributed by atoms with van der Waals surface area (Å²) in [5, 5.41) is 30.1. The normalized spacial score (nSPS) is 35.3. The van der Waals surface area contributed by atoms with Crippen molar-refractivity contribution in [1.29, 1.82) is 0 Å². The fourth-order valence-electron chi connectivity index (χ4n) is 2.72. The number of aliphatic hydroxyl groups excluding tert-OH is 2. The SMILES string of the molecule is C[C@@]1(O)[C@H](O)C(CO)(CF)O[C@H]1n1cnc2c(N)ncnc21. The minimum absolute atomic E-state index is 0.140. The van der Waals surface area contributed by atoms with E-state index in [4.69, 9.17) is 10.5 Å². The monoisotopic (exact) mass is 313 g/mol. The van der Waals surface area contributed by atoms with Gasteiger partial charge < -0.3 is 25.8 Å². The predicted molar refractivity (Wildman–Crippen MR) is 72.3 cm³/mol. The molecule has 10 heteroatoms. The molecular formula is C12H16FN5O4. The van der Waals surface area contributed by atoms with Gasteiger partial charge in [0, 0.05) is 0 Å². The highest BCUT2D eigenvalue weighted by atomic mass is 19.1. The number of nitrogens with zero attached hydrogens (tertiary/aromatic N) is 4. The minimum atomic E-state index is -1.91. The van der Waals surface area contributed by atoms with E-state index < -0.39 is 36.8 Å². The van der Waals surface area contributed by atoms with Crippen molar-refractivity contribution >= 4 is 17.0 Å². The first-order valence-electron chi connectivity index (χ1n) is 6.55. The van der Waals surface area contributed by atoms with Crippen LogP contribution in [-0.2, 0) is 4.74 Å². The zero-order valence-electron chi connectivity index (χ0n) is 11.7. The summed E-state index contributed by atoms with van der Waals surface area (Å²) in [4.78, 5) is 11.9. The van der Waals surface area contributed by atoms with Crippen LogP contribution < -0.4 is 5.73 Å². The number of hydrogen-bond acceptors (Lipinski definition) is 8. The lowest BCUT2D eigenvalue weighted by atomic mass is 9.88. The maximum Gasteiger partial charge on any atom is 0.168 e. The minimum Gasteiger partial charge on any atom is -0.393 e. The Kier molecular flexibility index (Phi) is 3.29. The summed E-state index contributed by atoms with van der Waals surface area (Å²) in [6, 6.07) is 0. The number of fused-ring (bicyclic) bond motifs is 1. The molecule has 0 saturated carbocycles. The third-order valence-corrected chi connectivity index (χ3v) is 4.03. The number of nitrogens with two attached hydrogens (primary N) is 1. The number of halogens is 1. The van der Waals surface area contributed by atoms with Gasteiger partial charge in [0.05, 0.1) is 12.9 Å². The first kappa shape index (κ1) is 15.0. The number of aliphatic hydroxyl groups is 3. The van der Waals surface area contributed by atoms with Gasteiger partial charge in [-0.05, 0) is 6.92 Å². The van der Waals surface area contributed by atoms with Crippen molar-refractivity contribution in [2.45, 2.75) is 30.5 Å². The van der Waals surface area contributed by atoms with Gasteiger partial charge in [0.2, 0.25) is 0 Å². The van der Waals surface area contributed by atoms with Gasteiger partial charge in [-0.1, -0.05) is 0 Å². The number of anilines is 1. The van der Waals surface area contributed by atoms with Gasteiger partial charge in [0.25, 0.3) is 0 Å². The fourth-order valence-corrected chi connectivity index (χ4v) is 2.72. The molecule has 2 aromatic heterocycles. The van der Waals surface area contributed by atoms with E-state index in [1.54, 1.807) is 0 Å². The first-order valence-corrected chi connectivity index (χ1v) is 6.55. The molecule has 1 saturated heterocycles. The van der Waals surface area contributed by atoms with E-state index in [-0.39, 0.29) is 17.0 Å². The lowest BCUT2D eigenvalue weighted by Gasteiger charge is -2.29. The largest absolute Gasteiger partial charge is 0.393 e. The number of alkyl halides is 1. The van der Waals surface area contributed by atoms with Gasteiger partial charge in [0.15, 0.2) is 23.3 Å². The zero-order chi connectivity index (χ0) is 16.1. The standard InChI is InChI=1S/C12H16FN5O4/c1-11(21)9(20)12(2-13,3-19)22-10(11)18-5-17-6-7(14)15-4-16-8(6)18/h4-5,9-10,19-21H,2-3H2,1H3,(H2,14,15,16)/t9-,10+,11+,12?/m0/s1. The van der Waals surface area contributed by atoms with Crippen molar-refractivity contribution in [3.8, 4) is 0 Å². The molecule has 1 aliphatic rings. The van der Waals surface area contributed by atoms with Gasteiger partial charge >= 0.3 is 0 Å². The summed E-state index contributed by atoms with van der Waals surface area (Å²) in [5.74, 6) is 0.140. The molecule has 22 heavy (non-hydrogen) atoms. The summed E-state index contributed by atoms with van der Waals surface area (Å²) in [6.07, 6.45) is -0.334. The molecule has 3 heterocycles. The summed E-state index contributed by atoms with van der Waals surface area (Å²) in [5.41, 5.74) is 2.45.